The van der Waals surface area contributed by atoms with Crippen LogP contribution in [0.5, 0.6) is 0 Å². The molecule has 1 saturated carbocycles. The van der Waals surface area contributed by atoms with Crippen LogP contribution in [0.3, 0.4) is 0 Å². The molecular weight excluding hydrogens is 218 g/mol. The molecule has 0 aliphatic heterocycles. The molecule has 0 bridgehead atoms. The van der Waals surface area contributed by atoms with Gasteiger partial charge < -0.3 is 16.3 Å². The van der Waals surface area contributed by atoms with Crippen LogP contribution >= 0.6 is 0 Å². The second kappa shape index (κ2) is 4.08. The molecule has 1 aromatic carbocycles. The molecule has 90 valence electrons. The molecule has 1 aliphatic carbocycles. The number of carbonyl (C=O) groups is 1. The standard InChI is InChI=1S/C12H15N3O2/c1-8-2-4-9(5-3-8)14-11(16)12(6-7-12)10(13)15-17/h2-5,17H,6-7H2,1H3,(H2,13,15)(H,14,16). The maximum absolute atomic E-state index is 12.0. The second-order valence-electron chi connectivity index (χ2n) is 4.39. The van der Waals surface area contributed by atoms with Crippen molar-refractivity contribution in [1.82, 2.24) is 0 Å². The SMILES string of the molecule is Cc1ccc(NC(=O)C2(/C(N)=N/O)CC2)cc1. The molecule has 0 unspecified atom stereocenters. The molecule has 1 aliphatic rings. The van der Waals surface area contributed by atoms with Crippen LogP contribution in [-0.2, 0) is 4.79 Å². The third-order valence-electron chi connectivity index (χ3n) is 3.09. The summed E-state index contributed by atoms with van der Waals surface area (Å²) in [5, 5.41) is 14.4. The Morgan fingerprint density at radius 2 is 2.00 bits per heavy atom. The monoisotopic (exact) mass is 233 g/mol. The summed E-state index contributed by atoms with van der Waals surface area (Å²) in [6.45, 7) is 1.98. The van der Waals surface area contributed by atoms with Gasteiger partial charge in [0.2, 0.25) is 5.91 Å². The van der Waals surface area contributed by atoms with E-state index in [2.05, 4.69) is 10.5 Å². The number of benzene rings is 1. The third kappa shape index (κ3) is 2.08. The number of anilines is 1. The second-order valence-corrected chi connectivity index (χ2v) is 4.39. The molecular formula is C12H15N3O2. The van der Waals surface area contributed by atoms with Crippen molar-refractivity contribution < 1.29 is 10.0 Å². The molecule has 5 heteroatoms. The van der Waals surface area contributed by atoms with E-state index in [0.717, 1.165) is 11.3 Å². The molecule has 4 N–H and O–H groups in total. The number of amides is 1. The molecule has 1 amide bonds. The fourth-order valence-corrected chi connectivity index (χ4v) is 1.71. The molecule has 1 aromatic rings. The lowest BCUT2D eigenvalue weighted by molar-refractivity contribution is -0.119. The van der Waals surface area contributed by atoms with Crippen LogP contribution in [0.4, 0.5) is 5.69 Å². The summed E-state index contributed by atoms with van der Waals surface area (Å²) >= 11 is 0. The van der Waals surface area contributed by atoms with Crippen molar-refractivity contribution in [3.8, 4) is 0 Å². The minimum absolute atomic E-state index is 0.0119. The number of nitrogens with one attached hydrogen (secondary N) is 1. The highest BCUT2D eigenvalue weighted by Crippen LogP contribution is 2.46. The Morgan fingerprint density at radius 1 is 1.41 bits per heavy atom. The predicted molar refractivity (Wildman–Crippen MR) is 64.9 cm³/mol. The van der Waals surface area contributed by atoms with Crippen molar-refractivity contribution >= 4 is 17.4 Å². The topological polar surface area (TPSA) is 87.7 Å². The van der Waals surface area contributed by atoms with E-state index in [-0.39, 0.29) is 11.7 Å². The number of hydrogen-bond acceptors (Lipinski definition) is 3. The van der Waals surface area contributed by atoms with Crippen LogP contribution in [0.15, 0.2) is 29.4 Å². The molecule has 17 heavy (non-hydrogen) atoms. The first-order valence-corrected chi connectivity index (χ1v) is 5.44. The molecule has 0 spiro atoms. The number of carbonyl (C=O) groups excluding carboxylic acids is 1. The van der Waals surface area contributed by atoms with Crippen LogP contribution in [-0.4, -0.2) is 17.0 Å². The largest absolute Gasteiger partial charge is 0.409 e. The number of rotatable bonds is 3. The van der Waals surface area contributed by atoms with Gasteiger partial charge in [-0.1, -0.05) is 22.9 Å². The molecule has 0 radical (unpaired) electrons. The van der Waals surface area contributed by atoms with E-state index in [1.165, 1.54) is 0 Å². The molecule has 1 fully saturated rings. The number of nitrogens with two attached hydrogens (primary N) is 1. The smallest absolute Gasteiger partial charge is 0.238 e. The average Bonchev–Trinajstić information content (AvgIpc) is 3.12. The molecule has 2 rings (SSSR count). The Labute approximate surface area is 99.3 Å². The molecule has 0 atom stereocenters. The Morgan fingerprint density at radius 3 is 2.47 bits per heavy atom. The van der Waals surface area contributed by atoms with Gasteiger partial charge in [0.25, 0.3) is 0 Å². The number of oxime groups is 1. The van der Waals surface area contributed by atoms with Crippen molar-refractivity contribution in [1.29, 1.82) is 0 Å². The molecule has 0 saturated heterocycles. The van der Waals surface area contributed by atoms with Gasteiger partial charge in [0, 0.05) is 5.69 Å². The zero-order valence-electron chi connectivity index (χ0n) is 9.60. The maximum atomic E-state index is 12.0. The average molecular weight is 233 g/mol. The van der Waals surface area contributed by atoms with Crippen LogP contribution in [0.1, 0.15) is 18.4 Å². The highest BCUT2D eigenvalue weighted by molar-refractivity contribution is 6.14. The first kappa shape index (κ1) is 11.4. The Kier molecular flexibility index (Phi) is 2.75. The third-order valence-corrected chi connectivity index (χ3v) is 3.09. The zero-order valence-corrected chi connectivity index (χ0v) is 9.60. The summed E-state index contributed by atoms with van der Waals surface area (Å²) in [6, 6.07) is 7.49. The van der Waals surface area contributed by atoms with Gasteiger partial charge >= 0.3 is 0 Å². The summed E-state index contributed by atoms with van der Waals surface area (Å²) in [5.74, 6) is -0.223. The number of aryl methyl sites for hydroxylation is 1. The van der Waals surface area contributed by atoms with E-state index in [4.69, 9.17) is 10.9 Å². The fourth-order valence-electron chi connectivity index (χ4n) is 1.71. The van der Waals surface area contributed by atoms with E-state index in [0.29, 0.717) is 12.8 Å². The van der Waals surface area contributed by atoms with E-state index in [9.17, 15) is 4.79 Å². The minimum atomic E-state index is -0.806. The summed E-state index contributed by atoms with van der Waals surface area (Å²) in [5.41, 5.74) is 6.57. The summed E-state index contributed by atoms with van der Waals surface area (Å²) in [4.78, 5) is 12.0. The minimum Gasteiger partial charge on any atom is -0.409 e. The van der Waals surface area contributed by atoms with Crippen LogP contribution < -0.4 is 11.1 Å². The van der Waals surface area contributed by atoms with Gasteiger partial charge in [0.1, 0.15) is 5.41 Å². The predicted octanol–water partition coefficient (Wildman–Crippen LogP) is 1.46. The van der Waals surface area contributed by atoms with E-state index >= 15 is 0 Å². The van der Waals surface area contributed by atoms with Gasteiger partial charge in [0.15, 0.2) is 5.84 Å². The number of hydrogen-bond donors (Lipinski definition) is 3. The molecule has 0 heterocycles. The lowest BCUT2D eigenvalue weighted by Crippen LogP contribution is -2.36. The zero-order chi connectivity index (χ0) is 12.5. The quantitative estimate of drug-likeness (QED) is 0.319. The van der Waals surface area contributed by atoms with Gasteiger partial charge in [0.05, 0.1) is 0 Å². The van der Waals surface area contributed by atoms with Crippen molar-refractivity contribution in [2.45, 2.75) is 19.8 Å². The van der Waals surface area contributed by atoms with E-state index in [1.54, 1.807) is 0 Å². The van der Waals surface area contributed by atoms with E-state index in [1.807, 2.05) is 31.2 Å². The van der Waals surface area contributed by atoms with Crippen LogP contribution in [0, 0.1) is 12.3 Å². The Balaban J connectivity index is 2.10. The van der Waals surface area contributed by atoms with Crippen molar-refractivity contribution in [2.75, 3.05) is 5.32 Å². The lowest BCUT2D eigenvalue weighted by atomic mass is 10.1. The van der Waals surface area contributed by atoms with Gasteiger partial charge in [-0.25, -0.2) is 0 Å². The Hall–Kier alpha value is -2.04. The summed E-state index contributed by atoms with van der Waals surface area (Å²) < 4.78 is 0. The Bertz CT molecular complexity index is 461. The van der Waals surface area contributed by atoms with Crippen molar-refractivity contribution in [2.24, 2.45) is 16.3 Å². The van der Waals surface area contributed by atoms with Gasteiger partial charge in [-0.2, -0.15) is 0 Å². The van der Waals surface area contributed by atoms with Gasteiger partial charge in [-0.15, -0.1) is 0 Å². The highest BCUT2D eigenvalue weighted by Gasteiger charge is 2.54. The summed E-state index contributed by atoms with van der Waals surface area (Å²) in [7, 11) is 0. The first-order chi connectivity index (χ1) is 8.08. The molecule has 5 nitrogen and oxygen atoms in total. The molecule has 0 aromatic heterocycles. The van der Waals surface area contributed by atoms with Crippen LogP contribution in [0.25, 0.3) is 0 Å². The van der Waals surface area contributed by atoms with Crippen LogP contribution in [0.2, 0.25) is 0 Å². The number of amidine groups is 1. The fraction of sp³-hybridized carbons (Fsp3) is 0.333. The number of nitrogens with zero attached hydrogens (tertiary/aromatic N) is 1. The first-order valence-electron chi connectivity index (χ1n) is 5.44. The van der Waals surface area contributed by atoms with Gasteiger partial charge in [-0.05, 0) is 31.9 Å². The van der Waals surface area contributed by atoms with Crippen molar-refractivity contribution in [3.05, 3.63) is 29.8 Å². The van der Waals surface area contributed by atoms with E-state index < -0.39 is 5.41 Å². The van der Waals surface area contributed by atoms with Gasteiger partial charge in [-0.3, -0.25) is 4.79 Å². The maximum Gasteiger partial charge on any atom is 0.238 e. The summed E-state index contributed by atoms with van der Waals surface area (Å²) in [6.07, 6.45) is 1.25. The highest BCUT2D eigenvalue weighted by atomic mass is 16.4. The lowest BCUT2D eigenvalue weighted by Gasteiger charge is -2.13. The normalized spacial score (nSPS) is 17.6. The van der Waals surface area contributed by atoms with Crippen molar-refractivity contribution in [3.63, 3.8) is 0 Å².